The zero-order chi connectivity index (χ0) is 33.5. The van der Waals surface area contributed by atoms with Crippen LogP contribution in [0.1, 0.15) is 73.7 Å². The van der Waals surface area contributed by atoms with Gasteiger partial charge in [-0.25, -0.2) is 4.39 Å². The number of piperidine rings is 2. The van der Waals surface area contributed by atoms with Gasteiger partial charge in [0.25, 0.3) is 5.91 Å². The summed E-state index contributed by atoms with van der Waals surface area (Å²) in [5, 5.41) is 9.82. The lowest BCUT2D eigenvalue weighted by atomic mass is 9.59. The summed E-state index contributed by atoms with van der Waals surface area (Å²) in [5.74, 6) is -2.00. The second-order valence-electron chi connectivity index (χ2n) is 13.2. The van der Waals surface area contributed by atoms with Gasteiger partial charge in [-0.15, -0.1) is 0 Å². The van der Waals surface area contributed by atoms with Crippen LogP contribution in [0.5, 0.6) is 5.75 Å². The SMILES string of the molecule is Cc1ccc(F)cc1C1NC(=O)CC(c2cc(Cl)ccc2OC(C)(C)C(=O)NCCN2CCCCC2)C12C(=O)Nc1cc(Cl)ccc12. The van der Waals surface area contributed by atoms with Crippen molar-refractivity contribution in [3.05, 3.63) is 92.7 Å². The van der Waals surface area contributed by atoms with E-state index >= 15 is 0 Å². The van der Waals surface area contributed by atoms with Gasteiger partial charge in [0.1, 0.15) is 17.0 Å². The molecule has 3 atom stereocenters. The molecule has 0 saturated carbocycles. The Balaban J connectivity index is 1.42. The minimum absolute atomic E-state index is 0.0977. The average molecular weight is 682 g/mol. The van der Waals surface area contributed by atoms with E-state index in [0.717, 1.165) is 32.5 Å². The maximum Gasteiger partial charge on any atom is 0.263 e. The number of likely N-dealkylation sites (tertiary alicyclic amines) is 1. The summed E-state index contributed by atoms with van der Waals surface area (Å²) in [6.07, 6.45) is 3.47. The third-order valence-corrected chi connectivity index (χ3v) is 10.2. The molecular formula is C36H39Cl2FN4O4. The highest BCUT2D eigenvalue weighted by Crippen LogP contribution is 2.59. The molecule has 0 aliphatic carbocycles. The van der Waals surface area contributed by atoms with Crippen LogP contribution in [-0.2, 0) is 19.8 Å². The first-order chi connectivity index (χ1) is 22.4. The van der Waals surface area contributed by atoms with Crippen LogP contribution in [0.4, 0.5) is 10.1 Å². The minimum atomic E-state index is -1.45. The maximum absolute atomic E-state index is 14.8. The van der Waals surface area contributed by atoms with Gasteiger partial charge in [-0.05, 0) is 106 Å². The van der Waals surface area contributed by atoms with Gasteiger partial charge in [0.05, 0.1) is 6.04 Å². The van der Waals surface area contributed by atoms with Crippen LogP contribution < -0.4 is 20.7 Å². The van der Waals surface area contributed by atoms with Gasteiger partial charge < -0.3 is 25.6 Å². The molecule has 2 saturated heterocycles. The summed E-state index contributed by atoms with van der Waals surface area (Å²) >= 11 is 12.9. The van der Waals surface area contributed by atoms with E-state index in [-0.39, 0.29) is 24.1 Å². The molecule has 0 aromatic heterocycles. The predicted octanol–water partition coefficient (Wildman–Crippen LogP) is 6.44. The molecule has 3 unspecified atom stereocenters. The molecule has 3 aromatic rings. The largest absolute Gasteiger partial charge is 0.478 e. The lowest BCUT2D eigenvalue weighted by Gasteiger charge is -2.47. The number of fused-ring (bicyclic) bond motifs is 2. The summed E-state index contributed by atoms with van der Waals surface area (Å²) in [5.41, 5.74) is 0.00751. The topological polar surface area (TPSA) is 99.8 Å². The van der Waals surface area contributed by atoms with Crippen LogP contribution in [0.2, 0.25) is 10.0 Å². The van der Waals surface area contributed by atoms with Gasteiger partial charge in [0.15, 0.2) is 5.60 Å². The van der Waals surface area contributed by atoms with Gasteiger partial charge in [0, 0.05) is 46.7 Å². The Morgan fingerprint density at radius 2 is 1.74 bits per heavy atom. The lowest BCUT2D eigenvalue weighted by molar-refractivity contribution is -0.135. The number of hydrogen-bond donors (Lipinski definition) is 3. The number of carbonyl (C=O) groups is 3. The first kappa shape index (κ1) is 33.2. The Morgan fingerprint density at radius 3 is 2.51 bits per heavy atom. The van der Waals surface area contributed by atoms with Crippen molar-refractivity contribution < 1.29 is 23.5 Å². The molecule has 3 heterocycles. The van der Waals surface area contributed by atoms with E-state index in [1.54, 1.807) is 56.3 Å². The third kappa shape index (κ3) is 6.33. The molecule has 0 bridgehead atoms. The van der Waals surface area contributed by atoms with E-state index in [1.807, 2.05) is 6.92 Å². The Morgan fingerprint density at radius 1 is 1.02 bits per heavy atom. The van der Waals surface area contributed by atoms with Gasteiger partial charge in [-0.3, -0.25) is 14.4 Å². The van der Waals surface area contributed by atoms with Crippen LogP contribution in [0, 0.1) is 12.7 Å². The highest BCUT2D eigenvalue weighted by molar-refractivity contribution is 6.31. The highest BCUT2D eigenvalue weighted by atomic mass is 35.5. The average Bonchev–Trinajstić information content (AvgIpc) is 3.31. The highest BCUT2D eigenvalue weighted by Gasteiger charge is 2.62. The number of nitrogens with one attached hydrogen (secondary N) is 3. The maximum atomic E-state index is 14.8. The van der Waals surface area contributed by atoms with Gasteiger partial charge in [-0.1, -0.05) is 41.8 Å². The van der Waals surface area contributed by atoms with Gasteiger partial charge in [0.2, 0.25) is 11.8 Å². The molecule has 3 aromatic carbocycles. The van der Waals surface area contributed by atoms with E-state index in [1.165, 1.54) is 18.6 Å². The van der Waals surface area contributed by atoms with E-state index < -0.39 is 28.8 Å². The smallest absolute Gasteiger partial charge is 0.263 e. The molecule has 2 fully saturated rings. The number of amides is 3. The van der Waals surface area contributed by atoms with Crippen LogP contribution >= 0.6 is 23.2 Å². The van der Waals surface area contributed by atoms with Crippen molar-refractivity contribution in [1.29, 1.82) is 0 Å². The zero-order valence-electron chi connectivity index (χ0n) is 26.7. The zero-order valence-corrected chi connectivity index (χ0v) is 28.2. The van der Waals surface area contributed by atoms with Crippen molar-refractivity contribution in [1.82, 2.24) is 15.5 Å². The Labute approximate surface area is 284 Å². The minimum Gasteiger partial charge on any atom is -0.478 e. The molecule has 47 heavy (non-hydrogen) atoms. The number of carbonyl (C=O) groups excluding carboxylic acids is 3. The van der Waals surface area contributed by atoms with Crippen molar-refractivity contribution >= 4 is 46.6 Å². The van der Waals surface area contributed by atoms with E-state index in [2.05, 4.69) is 20.9 Å². The Bertz CT molecular complexity index is 1730. The van der Waals surface area contributed by atoms with Crippen molar-refractivity contribution in [2.24, 2.45) is 0 Å². The third-order valence-electron chi connectivity index (χ3n) is 9.72. The molecule has 8 nitrogen and oxygen atoms in total. The molecular weight excluding hydrogens is 642 g/mol. The number of ether oxygens (including phenoxy) is 1. The Kier molecular flexibility index (Phi) is 9.26. The number of rotatable bonds is 8. The number of hydrogen-bond acceptors (Lipinski definition) is 5. The first-order valence-corrected chi connectivity index (χ1v) is 16.8. The standard InChI is InChI=1S/C36H39Cl2FN4O4/c1-21-7-10-24(39)19-25(21)32-36(27-11-8-23(38)18-29(27)41-34(36)46)28(20-31(44)42-32)26-17-22(37)9-12-30(26)47-35(2,3)33(45)40-13-16-43-14-5-4-6-15-43/h7-12,17-19,28,32H,4-6,13-16,20H2,1-3H3,(H,40,45)(H,41,46)(H,42,44). The summed E-state index contributed by atoms with van der Waals surface area (Å²) in [6, 6.07) is 13.5. The van der Waals surface area contributed by atoms with E-state index in [0.29, 0.717) is 50.3 Å². The van der Waals surface area contributed by atoms with E-state index in [4.69, 9.17) is 27.9 Å². The quantitative estimate of drug-likeness (QED) is 0.255. The fourth-order valence-corrected chi connectivity index (χ4v) is 7.73. The van der Waals surface area contributed by atoms with Crippen LogP contribution in [0.25, 0.3) is 0 Å². The molecule has 0 radical (unpaired) electrons. The predicted molar refractivity (Wildman–Crippen MR) is 181 cm³/mol. The normalized spacial score (nSPS) is 22.9. The molecule has 3 amide bonds. The molecule has 3 aliphatic rings. The van der Waals surface area contributed by atoms with Gasteiger partial charge >= 0.3 is 0 Å². The molecule has 11 heteroatoms. The van der Waals surface area contributed by atoms with Crippen LogP contribution in [0.3, 0.4) is 0 Å². The van der Waals surface area contributed by atoms with Gasteiger partial charge in [-0.2, -0.15) is 0 Å². The summed E-state index contributed by atoms with van der Waals surface area (Å²) in [7, 11) is 0. The first-order valence-electron chi connectivity index (χ1n) is 16.1. The fraction of sp³-hybridized carbons (Fsp3) is 0.417. The fourth-order valence-electron chi connectivity index (χ4n) is 7.37. The molecule has 1 spiro atoms. The lowest BCUT2D eigenvalue weighted by Crippen LogP contribution is -2.57. The van der Waals surface area contributed by atoms with Crippen molar-refractivity contribution in [3.63, 3.8) is 0 Å². The molecule has 3 N–H and O–H groups in total. The second-order valence-corrected chi connectivity index (χ2v) is 14.1. The van der Waals surface area contributed by atoms with Crippen molar-refractivity contribution in [2.75, 3.05) is 31.5 Å². The number of benzene rings is 3. The number of aryl methyl sites for hydroxylation is 1. The van der Waals surface area contributed by atoms with Crippen molar-refractivity contribution in [2.45, 2.75) is 69.4 Å². The van der Waals surface area contributed by atoms with Crippen LogP contribution in [0.15, 0.2) is 54.6 Å². The van der Waals surface area contributed by atoms with Crippen LogP contribution in [-0.4, -0.2) is 54.4 Å². The molecule has 6 rings (SSSR count). The Hall–Kier alpha value is -3.66. The summed E-state index contributed by atoms with van der Waals surface area (Å²) < 4.78 is 21.3. The number of nitrogens with zero attached hydrogens (tertiary/aromatic N) is 1. The second kappa shape index (κ2) is 13.1. The molecule has 3 aliphatic heterocycles. The van der Waals surface area contributed by atoms with Crippen molar-refractivity contribution in [3.8, 4) is 5.75 Å². The summed E-state index contributed by atoms with van der Waals surface area (Å²) in [4.78, 5) is 43.9. The monoisotopic (exact) mass is 680 g/mol. The number of halogens is 3. The number of anilines is 1. The summed E-state index contributed by atoms with van der Waals surface area (Å²) in [6.45, 7) is 8.48. The van der Waals surface area contributed by atoms with E-state index in [9.17, 15) is 18.8 Å². The molecule has 248 valence electrons.